The number of rotatable bonds is 4. The van der Waals surface area contributed by atoms with Crippen LogP contribution in [0.3, 0.4) is 0 Å². The fraction of sp³-hybridized carbons (Fsp3) is 0.185. The van der Waals surface area contributed by atoms with Crippen molar-refractivity contribution in [3.63, 3.8) is 0 Å². The highest BCUT2D eigenvalue weighted by Crippen LogP contribution is 2.27. The summed E-state index contributed by atoms with van der Waals surface area (Å²) in [5, 5.41) is 3.59. The van der Waals surface area contributed by atoms with Gasteiger partial charge in [0.2, 0.25) is 0 Å². The molecule has 166 valence electrons. The molecule has 0 aliphatic carbocycles. The lowest BCUT2D eigenvalue weighted by atomic mass is 10.1. The van der Waals surface area contributed by atoms with Crippen molar-refractivity contribution < 1.29 is 13.9 Å². The summed E-state index contributed by atoms with van der Waals surface area (Å²) < 4.78 is 11.4. The molecule has 2 heterocycles. The van der Waals surface area contributed by atoms with Gasteiger partial charge in [-0.05, 0) is 43.3 Å². The SMILES string of the molecule is Cc1ccc2oc(-c3ccc(C(=O)Nc4ccccc4N4CCOCC4)cc3)cc(=O)c2c1. The Morgan fingerprint density at radius 1 is 0.939 bits per heavy atom. The van der Waals surface area contributed by atoms with Crippen LogP contribution in [0.25, 0.3) is 22.3 Å². The summed E-state index contributed by atoms with van der Waals surface area (Å²) in [5.41, 5.74) is 4.48. The highest BCUT2D eigenvalue weighted by molar-refractivity contribution is 6.06. The molecule has 0 bridgehead atoms. The Bertz CT molecular complexity index is 1370. The average Bonchev–Trinajstić information content (AvgIpc) is 2.85. The molecular weight excluding hydrogens is 416 g/mol. The molecule has 3 aromatic carbocycles. The molecule has 1 N–H and O–H groups in total. The molecule has 1 saturated heterocycles. The third-order valence-electron chi connectivity index (χ3n) is 5.82. The van der Waals surface area contributed by atoms with Crippen molar-refractivity contribution >= 4 is 28.3 Å². The van der Waals surface area contributed by atoms with Gasteiger partial charge in [0.25, 0.3) is 5.91 Å². The van der Waals surface area contributed by atoms with Gasteiger partial charge in [0, 0.05) is 30.3 Å². The highest BCUT2D eigenvalue weighted by Gasteiger charge is 2.16. The topological polar surface area (TPSA) is 71.8 Å². The van der Waals surface area contributed by atoms with Crippen molar-refractivity contribution in [3.8, 4) is 11.3 Å². The van der Waals surface area contributed by atoms with Crippen LogP contribution in [0, 0.1) is 6.92 Å². The minimum absolute atomic E-state index is 0.0866. The second-order valence-corrected chi connectivity index (χ2v) is 8.12. The Morgan fingerprint density at radius 2 is 1.70 bits per heavy atom. The zero-order valence-corrected chi connectivity index (χ0v) is 18.3. The standard InChI is InChI=1S/C27H24N2O4/c1-18-6-11-25-21(16-18)24(30)17-26(33-25)19-7-9-20(10-8-19)27(31)28-22-4-2-3-5-23(22)29-12-14-32-15-13-29/h2-11,16-17H,12-15H2,1H3,(H,28,31). The molecule has 0 spiro atoms. The van der Waals surface area contributed by atoms with Gasteiger partial charge in [-0.15, -0.1) is 0 Å². The first-order valence-electron chi connectivity index (χ1n) is 11.0. The Balaban J connectivity index is 1.37. The molecule has 4 aromatic rings. The summed E-state index contributed by atoms with van der Waals surface area (Å²) in [6.45, 7) is 4.87. The molecule has 5 rings (SSSR count). The number of hydrogen-bond donors (Lipinski definition) is 1. The minimum atomic E-state index is -0.197. The number of aryl methyl sites for hydroxylation is 1. The maximum absolute atomic E-state index is 12.9. The predicted molar refractivity (Wildman–Crippen MR) is 130 cm³/mol. The van der Waals surface area contributed by atoms with Crippen molar-refractivity contribution in [2.45, 2.75) is 6.92 Å². The summed E-state index contributed by atoms with van der Waals surface area (Å²) in [7, 11) is 0. The first-order valence-corrected chi connectivity index (χ1v) is 11.0. The normalized spacial score (nSPS) is 13.8. The number of benzene rings is 3. The van der Waals surface area contributed by atoms with Gasteiger partial charge in [-0.2, -0.15) is 0 Å². The fourth-order valence-electron chi connectivity index (χ4n) is 4.05. The molecular formula is C27H24N2O4. The highest BCUT2D eigenvalue weighted by atomic mass is 16.5. The molecule has 0 atom stereocenters. The van der Waals surface area contributed by atoms with Crippen molar-refractivity contribution in [3.05, 3.63) is 94.1 Å². The molecule has 33 heavy (non-hydrogen) atoms. The molecule has 1 aromatic heterocycles. The fourth-order valence-corrected chi connectivity index (χ4v) is 4.05. The number of hydrogen-bond acceptors (Lipinski definition) is 5. The summed E-state index contributed by atoms with van der Waals surface area (Å²) >= 11 is 0. The summed E-state index contributed by atoms with van der Waals surface area (Å²) in [6.07, 6.45) is 0. The number of carbonyl (C=O) groups excluding carboxylic acids is 1. The lowest BCUT2D eigenvalue weighted by Crippen LogP contribution is -2.36. The van der Waals surface area contributed by atoms with Crippen molar-refractivity contribution in [1.82, 2.24) is 0 Å². The Labute approximate surface area is 191 Å². The van der Waals surface area contributed by atoms with Gasteiger partial charge in [-0.3, -0.25) is 9.59 Å². The smallest absolute Gasteiger partial charge is 0.255 e. The summed E-state index contributed by atoms with van der Waals surface area (Å²) in [4.78, 5) is 27.7. The number of carbonyl (C=O) groups is 1. The van der Waals surface area contributed by atoms with Crippen LogP contribution in [0.5, 0.6) is 0 Å². The van der Waals surface area contributed by atoms with Crippen molar-refractivity contribution in [1.29, 1.82) is 0 Å². The van der Waals surface area contributed by atoms with Gasteiger partial charge in [0.15, 0.2) is 5.43 Å². The van der Waals surface area contributed by atoms with E-state index < -0.39 is 0 Å². The molecule has 0 unspecified atom stereocenters. The van der Waals surface area contributed by atoms with E-state index in [9.17, 15) is 9.59 Å². The Morgan fingerprint density at radius 3 is 2.48 bits per heavy atom. The predicted octanol–water partition coefficient (Wildman–Crippen LogP) is 4.86. The number of ether oxygens (including phenoxy) is 1. The van der Waals surface area contributed by atoms with E-state index in [1.54, 1.807) is 24.3 Å². The molecule has 1 aliphatic rings. The third kappa shape index (κ3) is 4.38. The third-order valence-corrected chi connectivity index (χ3v) is 5.82. The van der Waals surface area contributed by atoms with Gasteiger partial charge in [-0.25, -0.2) is 0 Å². The zero-order valence-electron chi connectivity index (χ0n) is 18.3. The largest absolute Gasteiger partial charge is 0.456 e. The van der Waals surface area contributed by atoms with Gasteiger partial charge in [-0.1, -0.05) is 35.9 Å². The van der Waals surface area contributed by atoms with E-state index in [4.69, 9.17) is 9.15 Å². The summed E-state index contributed by atoms with van der Waals surface area (Å²) in [6, 6.07) is 21.9. The van der Waals surface area contributed by atoms with E-state index >= 15 is 0 Å². The monoisotopic (exact) mass is 440 g/mol. The van der Waals surface area contributed by atoms with E-state index in [1.165, 1.54) is 6.07 Å². The lowest BCUT2D eigenvalue weighted by molar-refractivity contribution is 0.102. The van der Waals surface area contributed by atoms with Crippen LogP contribution in [-0.2, 0) is 4.74 Å². The maximum Gasteiger partial charge on any atom is 0.255 e. The van der Waals surface area contributed by atoms with E-state index in [0.717, 1.165) is 35.6 Å². The zero-order chi connectivity index (χ0) is 22.8. The average molecular weight is 440 g/mol. The van der Waals surface area contributed by atoms with Crippen molar-refractivity contribution in [2.75, 3.05) is 36.5 Å². The molecule has 1 amide bonds. The number of amides is 1. The molecule has 1 fully saturated rings. The van der Waals surface area contributed by atoms with Gasteiger partial charge >= 0.3 is 0 Å². The van der Waals surface area contributed by atoms with Crippen LogP contribution < -0.4 is 15.6 Å². The first-order chi connectivity index (χ1) is 16.1. The number of anilines is 2. The molecule has 1 aliphatic heterocycles. The van der Waals surface area contributed by atoms with Gasteiger partial charge < -0.3 is 19.4 Å². The summed E-state index contributed by atoms with van der Waals surface area (Å²) in [5.74, 6) is 0.277. The van der Waals surface area contributed by atoms with E-state index in [2.05, 4.69) is 10.2 Å². The van der Waals surface area contributed by atoms with E-state index in [1.807, 2.05) is 49.4 Å². The second kappa shape index (κ2) is 8.92. The molecule has 0 saturated carbocycles. The lowest BCUT2D eigenvalue weighted by Gasteiger charge is -2.30. The number of nitrogens with zero attached hydrogens (tertiary/aromatic N) is 1. The van der Waals surface area contributed by atoms with Crippen LogP contribution in [0.4, 0.5) is 11.4 Å². The van der Waals surface area contributed by atoms with E-state index in [0.29, 0.717) is 35.5 Å². The Kier molecular flexibility index (Phi) is 5.67. The van der Waals surface area contributed by atoms with Gasteiger partial charge in [0.05, 0.1) is 30.0 Å². The van der Waals surface area contributed by atoms with Gasteiger partial charge in [0.1, 0.15) is 11.3 Å². The van der Waals surface area contributed by atoms with Crippen LogP contribution in [0.2, 0.25) is 0 Å². The number of fused-ring (bicyclic) bond motifs is 1. The molecule has 6 heteroatoms. The number of para-hydroxylation sites is 2. The van der Waals surface area contributed by atoms with Crippen LogP contribution in [-0.4, -0.2) is 32.2 Å². The number of nitrogens with one attached hydrogen (secondary N) is 1. The maximum atomic E-state index is 12.9. The second-order valence-electron chi connectivity index (χ2n) is 8.12. The Hall–Kier alpha value is -3.90. The molecule has 0 radical (unpaired) electrons. The van der Waals surface area contributed by atoms with Crippen LogP contribution >= 0.6 is 0 Å². The molecule has 6 nitrogen and oxygen atoms in total. The minimum Gasteiger partial charge on any atom is -0.456 e. The van der Waals surface area contributed by atoms with E-state index in [-0.39, 0.29) is 11.3 Å². The van der Waals surface area contributed by atoms with Crippen LogP contribution in [0.15, 0.2) is 82.0 Å². The first kappa shape index (κ1) is 21.0. The van der Waals surface area contributed by atoms with Crippen LogP contribution in [0.1, 0.15) is 15.9 Å². The van der Waals surface area contributed by atoms with Crippen molar-refractivity contribution in [2.24, 2.45) is 0 Å². The number of morpholine rings is 1. The quantitative estimate of drug-likeness (QED) is 0.491.